The average Bonchev–Trinajstić information content (AvgIpc) is 3.13. The van der Waals surface area contributed by atoms with Gasteiger partial charge in [0.25, 0.3) is 0 Å². The number of halogens is 4. The van der Waals surface area contributed by atoms with Crippen LogP contribution in [0.1, 0.15) is 22.5 Å². The third-order valence-electron chi connectivity index (χ3n) is 5.49. The van der Waals surface area contributed by atoms with Gasteiger partial charge in [-0.3, -0.25) is 9.69 Å². The lowest BCUT2D eigenvalue weighted by molar-refractivity contribution is 0.0962. The van der Waals surface area contributed by atoms with E-state index in [9.17, 15) is 9.18 Å². The number of pyridine rings is 1. The summed E-state index contributed by atoms with van der Waals surface area (Å²) in [4.78, 5) is 21.4. The van der Waals surface area contributed by atoms with E-state index in [0.717, 1.165) is 37.6 Å². The normalized spacial score (nSPS) is 14.3. The van der Waals surface area contributed by atoms with Crippen molar-refractivity contribution in [3.8, 4) is 5.82 Å². The highest BCUT2D eigenvalue weighted by molar-refractivity contribution is 6.32. The standard InChI is InChI=1S/C22H22Cl2FN5O.ClH/c1-15-19(14-27-30(15)22-20(24)3-2-5-26-22)21(31)4-6-28-7-9-29(10-8-28)18-12-16(23)11-17(25)13-18;/h2-3,5,11-14H,4,6-10H2,1H3;1H. The van der Waals surface area contributed by atoms with E-state index in [4.69, 9.17) is 23.2 Å². The Bertz CT molecular complexity index is 1080. The Labute approximate surface area is 202 Å². The number of carbonyl (C=O) groups excluding carboxylic acids is 1. The largest absolute Gasteiger partial charge is 0.369 e. The number of aromatic nitrogens is 3. The molecule has 0 aliphatic carbocycles. The lowest BCUT2D eigenvalue weighted by Gasteiger charge is -2.36. The average molecular weight is 499 g/mol. The van der Waals surface area contributed by atoms with Gasteiger partial charge in [-0.15, -0.1) is 12.4 Å². The van der Waals surface area contributed by atoms with Gasteiger partial charge in [0.15, 0.2) is 11.6 Å². The maximum Gasteiger partial charge on any atom is 0.172 e. The predicted octanol–water partition coefficient (Wildman–Crippen LogP) is 4.84. The second-order valence-electron chi connectivity index (χ2n) is 7.49. The van der Waals surface area contributed by atoms with Crippen molar-refractivity contribution in [3.63, 3.8) is 0 Å². The van der Waals surface area contributed by atoms with Crippen LogP contribution in [-0.4, -0.2) is 58.2 Å². The van der Waals surface area contributed by atoms with Crippen molar-refractivity contribution < 1.29 is 9.18 Å². The van der Waals surface area contributed by atoms with Gasteiger partial charge in [0.2, 0.25) is 0 Å². The quantitative estimate of drug-likeness (QED) is 0.455. The summed E-state index contributed by atoms with van der Waals surface area (Å²) in [5.41, 5.74) is 2.09. The molecule has 3 aromatic rings. The Morgan fingerprint density at radius 1 is 1.16 bits per heavy atom. The molecule has 1 aliphatic heterocycles. The van der Waals surface area contributed by atoms with Crippen LogP contribution in [0.5, 0.6) is 0 Å². The zero-order valence-corrected chi connectivity index (χ0v) is 19.8. The molecule has 170 valence electrons. The van der Waals surface area contributed by atoms with Gasteiger partial charge >= 0.3 is 0 Å². The minimum atomic E-state index is -0.335. The van der Waals surface area contributed by atoms with Gasteiger partial charge < -0.3 is 4.90 Å². The summed E-state index contributed by atoms with van der Waals surface area (Å²) in [6.45, 7) is 5.60. The summed E-state index contributed by atoms with van der Waals surface area (Å²) < 4.78 is 15.2. The van der Waals surface area contributed by atoms with Crippen molar-refractivity contribution >= 4 is 47.1 Å². The molecule has 4 rings (SSSR count). The molecule has 0 radical (unpaired) electrons. The van der Waals surface area contributed by atoms with Gasteiger partial charge in [0, 0.05) is 56.1 Å². The molecule has 0 unspecified atom stereocenters. The van der Waals surface area contributed by atoms with Gasteiger partial charge in [-0.05, 0) is 37.3 Å². The number of hydrogen-bond acceptors (Lipinski definition) is 5. The predicted molar refractivity (Wildman–Crippen MR) is 127 cm³/mol. The van der Waals surface area contributed by atoms with Crippen LogP contribution in [-0.2, 0) is 0 Å². The minimum absolute atomic E-state index is 0. The van der Waals surface area contributed by atoms with Crippen LogP contribution in [0.2, 0.25) is 10.0 Å². The molecule has 0 bridgehead atoms. The van der Waals surface area contributed by atoms with Crippen LogP contribution in [0.4, 0.5) is 10.1 Å². The molecule has 0 N–H and O–H groups in total. The first-order valence-corrected chi connectivity index (χ1v) is 10.8. The summed E-state index contributed by atoms with van der Waals surface area (Å²) in [5, 5.41) is 5.18. The molecule has 3 heterocycles. The van der Waals surface area contributed by atoms with Gasteiger partial charge in [0.05, 0.1) is 22.5 Å². The van der Waals surface area contributed by atoms with Gasteiger partial charge in [-0.2, -0.15) is 5.10 Å². The number of anilines is 1. The van der Waals surface area contributed by atoms with Crippen molar-refractivity contribution in [3.05, 3.63) is 69.8 Å². The number of hydrogen-bond donors (Lipinski definition) is 0. The zero-order chi connectivity index (χ0) is 22.0. The van der Waals surface area contributed by atoms with E-state index in [1.54, 1.807) is 35.3 Å². The number of piperazine rings is 1. The Kier molecular flexibility index (Phi) is 8.11. The molecular formula is C22H23Cl3FN5O. The minimum Gasteiger partial charge on any atom is -0.369 e. The topological polar surface area (TPSA) is 54.3 Å². The highest BCUT2D eigenvalue weighted by atomic mass is 35.5. The Morgan fingerprint density at radius 2 is 1.91 bits per heavy atom. The highest BCUT2D eigenvalue weighted by Gasteiger charge is 2.21. The molecule has 1 aliphatic rings. The summed E-state index contributed by atoms with van der Waals surface area (Å²) in [6.07, 6.45) is 3.61. The third-order valence-corrected chi connectivity index (χ3v) is 6.00. The smallest absolute Gasteiger partial charge is 0.172 e. The molecule has 0 saturated carbocycles. The van der Waals surface area contributed by atoms with E-state index in [-0.39, 0.29) is 24.0 Å². The van der Waals surface area contributed by atoms with Crippen LogP contribution >= 0.6 is 35.6 Å². The van der Waals surface area contributed by atoms with Crippen molar-refractivity contribution in [1.29, 1.82) is 0 Å². The summed E-state index contributed by atoms with van der Waals surface area (Å²) in [5.74, 6) is 0.211. The molecule has 0 spiro atoms. The number of rotatable bonds is 6. The van der Waals surface area contributed by atoms with Gasteiger partial charge in [0.1, 0.15) is 5.82 Å². The molecule has 0 atom stereocenters. The summed E-state index contributed by atoms with van der Waals surface area (Å²) in [7, 11) is 0. The maximum atomic E-state index is 13.6. The molecule has 1 saturated heterocycles. The van der Waals surface area contributed by atoms with Gasteiger partial charge in [-0.1, -0.05) is 23.2 Å². The zero-order valence-electron chi connectivity index (χ0n) is 17.5. The Morgan fingerprint density at radius 3 is 2.59 bits per heavy atom. The first kappa shape index (κ1) is 24.5. The maximum absolute atomic E-state index is 13.6. The number of benzene rings is 1. The van der Waals surface area contributed by atoms with Crippen LogP contribution in [0.25, 0.3) is 5.82 Å². The molecule has 2 aromatic heterocycles. The van der Waals surface area contributed by atoms with Crippen molar-refractivity contribution in [2.45, 2.75) is 13.3 Å². The van der Waals surface area contributed by atoms with E-state index >= 15 is 0 Å². The molecular weight excluding hydrogens is 476 g/mol. The molecule has 1 fully saturated rings. The highest BCUT2D eigenvalue weighted by Crippen LogP contribution is 2.24. The van der Waals surface area contributed by atoms with Crippen molar-refractivity contribution in [2.75, 3.05) is 37.6 Å². The molecule has 10 heteroatoms. The van der Waals surface area contributed by atoms with E-state index in [1.165, 1.54) is 12.1 Å². The summed E-state index contributed by atoms with van der Waals surface area (Å²) in [6, 6.07) is 8.07. The van der Waals surface area contributed by atoms with E-state index in [0.29, 0.717) is 34.4 Å². The van der Waals surface area contributed by atoms with E-state index in [1.807, 2.05) is 6.92 Å². The number of ketones is 1. The van der Waals surface area contributed by atoms with Crippen molar-refractivity contribution in [2.24, 2.45) is 0 Å². The number of Topliss-reactive ketones (excluding diaryl/α,β-unsaturated/α-hetero) is 1. The third kappa shape index (κ3) is 5.41. The van der Waals surface area contributed by atoms with Crippen LogP contribution < -0.4 is 4.90 Å². The Hall–Kier alpha value is -2.19. The van der Waals surface area contributed by atoms with E-state index in [2.05, 4.69) is 19.9 Å². The van der Waals surface area contributed by atoms with E-state index < -0.39 is 0 Å². The fraction of sp³-hybridized carbons (Fsp3) is 0.318. The Balaban J connectivity index is 0.00000289. The van der Waals surface area contributed by atoms with Crippen molar-refractivity contribution in [1.82, 2.24) is 19.7 Å². The van der Waals surface area contributed by atoms with Crippen LogP contribution in [0.15, 0.2) is 42.7 Å². The lowest BCUT2D eigenvalue weighted by Crippen LogP contribution is -2.47. The molecule has 0 amide bonds. The lowest BCUT2D eigenvalue weighted by atomic mass is 10.1. The second-order valence-corrected chi connectivity index (χ2v) is 8.34. The second kappa shape index (κ2) is 10.6. The molecule has 32 heavy (non-hydrogen) atoms. The van der Waals surface area contributed by atoms with Gasteiger partial charge in [-0.25, -0.2) is 14.1 Å². The fourth-order valence-corrected chi connectivity index (χ4v) is 4.19. The van der Waals surface area contributed by atoms with Crippen LogP contribution in [0.3, 0.4) is 0 Å². The summed E-state index contributed by atoms with van der Waals surface area (Å²) >= 11 is 12.2. The number of nitrogens with zero attached hydrogens (tertiary/aromatic N) is 5. The molecule has 6 nitrogen and oxygen atoms in total. The monoisotopic (exact) mass is 497 g/mol. The fourth-order valence-electron chi connectivity index (χ4n) is 3.78. The van der Waals surface area contributed by atoms with Crippen LogP contribution in [0, 0.1) is 12.7 Å². The first-order valence-electron chi connectivity index (χ1n) is 10.0. The number of carbonyl (C=O) groups is 1. The first-order chi connectivity index (χ1) is 14.9. The SMILES string of the molecule is Cc1c(C(=O)CCN2CCN(c3cc(F)cc(Cl)c3)CC2)cnn1-c1ncccc1Cl.Cl. The molecule has 1 aromatic carbocycles.